The van der Waals surface area contributed by atoms with Gasteiger partial charge in [-0.3, -0.25) is 19.8 Å². The Kier molecular flexibility index (Phi) is 13.4. The summed E-state index contributed by atoms with van der Waals surface area (Å²) in [6.45, 7) is 3.70. The predicted molar refractivity (Wildman–Crippen MR) is 200 cm³/mol. The molecular weight excluding hydrogens is 796 g/mol. The van der Waals surface area contributed by atoms with Gasteiger partial charge in [0.1, 0.15) is 41.8 Å². The first-order valence-corrected chi connectivity index (χ1v) is 18.2. The molecule has 0 unspecified atom stereocenters. The van der Waals surface area contributed by atoms with Crippen LogP contribution in [0.4, 0.5) is 29.7 Å². The molecule has 2 amide bonds. The number of aromatic nitrogens is 10. The van der Waals surface area contributed by atoms with Gasteiger partial charge in [-0.15, -0.1) is 20.4 Å². The normalized spacial score (nSPS) is 16.0. The van der Waals surface area contributed by atoms with Crippen LogP contribution in [0, 0.1) is 11.6 Å². The van der Waals surface area contributed by atoms with Crippen LogP contribution < -0.4 is 27.9 Å². The Morgan fingerprint density at radius 1 is 0.712 bits per heavy atom. The van der Waals surface area contributed by atoms with Crippen molar-refractivity contribution in [1.82, 2.24) is 50.4 Å². The number of amides is 2. The van der Waals surface area contributed by atoms with E-state index in [0.717, 1.165) is 6.42 Å². The predicted octanol–water partition coefficient (Wildman–Crippen LogP) is -0.627. The van der Waals surface area contributed by atoms with E-state index in [0.29, 0.717) is 76.3 Å². The molecule has 8 rings (SSSR count). The number of benzene rings is 2. The van der Waals surface area contributed by atoms with E-state index in [4.69, 9.17) is 19.7 Å². The zero-order valence-electron chi connectivity index (χ0n) is 31.5. The van der Waals surface area contributed by atoms with Gasteiger partial charge in [0.05, 0.1) is 50.8 Å². The molecule has 2 aliphatic rings. The van der Waals surface area contributed by atoms with Crippen LogP contribution in [0.5, 0.6) is 0 Å². The van der Waals surface area contributed by atoms with Crippen molar-refractivity contribution in [2.45, 2.75) is 38.6 Å². The Morgan fingerprint density at radius 3 is 1.53 bits per heavy atom. The molecule has 308 valence electrons. The van der Waals surface area contributed by atoms with Gasteiger partial charge in [0.25, 0.3) is 0 Å². The third kappa shape index (κ3) is 9.44. The average Bonchev–Trinajstić information content (AvgIpc) is 4.06. The third-order valence-corrected chi connectivity index (χ3v) is 8.98. The van der Waals surface area contributed by atoms with Crippen LogP contribution in [-0.2, 0) is 22.6 Å². The quantitative estimate of drug-likeness (QED) is 0.139. The lowest BCUT2D eigenvalue weighted by Crippen LogP contribution is -3.00. The number of ether oxygens (including phenoxy) is 2. The standard InChI is InChI=1S/C19H19FN6O3.C18H18FN7O3.ClH/c1-2-7-26-23-18(22-24-26)17-6-3-12(9-21-17)15-5-4-13(8-16(15)20)25-10-14(11-27)29-19(25)28;19-15-7-12(25-9-13(10-27)29-18(25)28)2-3-14(15)11-1-4-16(21-8-11)17-22-24-26(23-17)6-5-20;/h3-6,8-9,14,27H,2,7,10-11H2,1H3;1-4,7-8,13,27H,5-6,9-10,20H2;1H/t14-;13-;/m11./s1. The molecule has 6 aromatic rings. The maximum absolute atomic E-state index is 14.7. The molecule has 0 radical (unpaired) electrons. The Labute approximate surface area is 340 Å². The van der Waals surface area contributed by atoms with Gasteiger partial charge >= 0.3 is 12.2 Å². The summed E-state index contributed by atoms with van der Waals surface area (Å²) in [7, 11) is 0. The summed E-state index contributed by atoms with van der Waals surface area (Å²) < 4.78 is 39.4. The molecule has 22 heteroatoms. The number of anilines is 2. The molecule has 2 fully saturated rings. The minimum Gasteiger partial charge on any atom is -1.00 e. The topological polar surface area (TPSA) is 240 Å². The fourth-order valence-electron chi connectivity index (χ4n) is 6.06. The molecule has 4 aromatic heterocycles. The minimum absolute atomic E-state index is 0. The van der Waals surface area contributed by atoms with Crippen molar-refractivity contribution in [1.29, 1.82) is 0 Å². The van der Waals surface area contributed by atoms with Crippen molar-refractivity contribution in [3.63, 3.8) is 0 Å². The number of halogens is 3. The number of aryl methyl sites for hydroxylation is 1. The highest BCUT2D eigenvalue weighted by molar-refractivity contribution is 5.91. The summed E-state index contributed by atoms with van der Waals surface area (Å²) in [4.78, 5) is 37.9. The number of cyclic esters (lactones) is 2. The number of nitrogens with zero attached hydrogens (tertiary/aromatic N) is 12. The highest BCUT2D eigenvalue weighted by atomic mass is 35.5. The number of quaternary nitrogens is 1. The Bertz CT molecular complexity index is 2220. The first kappa shape index (κ1) is 42.1. The summed E-state index contributed by atoms with van der Waals surface area (Å²) in [6, 6.07) is 15.8. The van der Waals surface area contributed by atoms with E-state index in [9.17, 15) is 18.4 Å². The second kappa shape index (κ2) is 18.8. The SMILES string of the molecule is CCCn1nnc(-c2ccc(-c3ccc(N4C[C@H](CO)OC4=O)cc3F)cn2)n1.[Cl-].[NH3+]CCn1nnc(-c2ccc(-c3ccc(N4C[C@H](CO)OC4=O)cc3F)cn2)n1. The highest BCUT2D eigenvalue weighted by Crippen LogP contribution is 2.31. The fourth-order valence-corrected chi connectivity index (χ4v) is 6.06. The zero-order chi connectivity index (χ0) is 40.8. The molecule has 2 aromatic carbocycles. The average molecular weight is 834 g/mol. The first-order chi connectivity index (χ1) is 28.2. The van der Waals surface area contributed by atoms with Crippen LogP contribution in [0.15, 0.2) is 73.1 Å². The van der Waals surface area contributed by atoms with Gasteiger partial charge in [-0.05, 0) is 65.4 Å². The van der Waals surface area contributed by atoms with E-state index >= 15 is 0 Å². The molecule has 0 aliphatic carbocycles. The molecule has 0 bridgehead atoms. The van der Waals surface area contributed by atoms with Crippen molar-refractivity contribution in [3.8, 4) is 45.3 Å². The molecule has 2 atom stereocenters. The molecule has 6 heterocycles. The number of hydrogen-bond acceptors (Lipinski definition) is 14. The molecule has 0 saturated carbocycles. The molecule has 2 aliphatic heterocycles. The summed E-state index contributed by atoms with van der Waals surface area (Å²) >= 11 is 0. The van der Waals surface area contributed by atoms with Crippen LogP contribution in [0.25, 0.3) is 45.3 Å². The van der Waals surface area contributed by atoms with Crippen LogP contribution >= 0.6 is 0 Å². The summed E-state index contributed by atoms with van der Waals surface area (Å²) in [5.74, 6) is -0.209. The molecule has 2 saturated heterocycles. The van der Waals surface area contributed by atoms with Crippen molar-refractivity contribution in [3.05, 3.63) is 84.7 Å². The largest absolute Gasteiger partial charge is 1.00 e. The number of aliphatic hydroxyl groups is 2. The van der Waals surface area contributed by atoms with Crippen LogP contribution in [0.1, 0.15) is 13.3 Å². The van der Waals surface area contributed by atoms with E-state index in [1.165, 1.54) is 37.7 Å². The molecule has 0 spiro atoms. The maximum atomic E-state index is 14.7. The van der Waals surface area contributed by atoms with E-state index in [1.807, 2.05) is 6.92 Å². The van der Waals surface area contributed by atoms with Gasteiger partial charge in [0.15, 0.2) is 0 Å². The molecular formula is C37H38ClF2N13O6. The second-order valence-electron chi connectivity index (χ2n) is 13.1. The van der Waals surface area contributed by atoms with Crippen molar-refractivity contribution in [2.24, 2.45) is 0 Å². The first-order valence-electron chi connectivity index (χ1n) is 18.2. The van der Waals surface area contributed by atoms with Gasteiger partial charge < -0.3 is 37.8 Å². The van der Waals surface area contributed by atoms with Crippen molar-refractivity contribution < 1.29 is 56.2 Å². The monoisotopic (exact) mass is 833 g/mol. The second-order valence-corrected chi connectivity index (χ2v) is 13.1. The Balaban J connectivity index is 0.000000195. The summed E-state index contributed by atoms with van der Waals surface area (Å²) in [5.41, 5.74) is 7.38. The number of carbonyl (C=O) groups is 2. The van der Waals surface area contributed by atoms with Gasteiger partial charge in [-0.1, -0.05) is 19.1 Å². The van der Waals surface area contributed by atoms with Crippen molar-refractivity contribution >= 4 is 23.6 Å². The Morgan fingerprint density at radius 2 is 1.17 bits per heavy atom. The molecule has 59 heavy (non-hydrogen) atoms. The van der Waals surface area contributed by atoms with Crippen LogP contribution in [-0.4, -0.2) is 118 Å². The Hall–Kier alpha value is -6.55. The van der Waals surface area contributed by atoms with E-state index in [-0.39, 0.29) is 38.7 Å². The lowest BCUT2D eigenvalue weighted by molar-refractivity contribution is -0.370. The minimum atomic E-state index is -0.610. The lowest BCUT2D eigenvalue weighted by atomic mass is 10.1. The summed E-state index contributed by atoms with van der Waals surface area (Å²) in [5, 5.41) is 42.5. The van der Waals surface area contributed by atoms with E-state index in [1.54, 1.807) is 54.7 Å². The van der Waals surface area contributed by atoms with Crippen LogP contribution in [0.2, 0.25) is 0 Å². The number of rotatable bonds is 12. The van der Waals surface area contributed by atoms with E-state index in [2.05, 4.69) is 46.5 Å². The number of tetrazole rings is 2. The summed E-state index contributed by atoms with van der Waals surface area (Å²) in [6.07, 6.45) is 1.54. The smallest absolute Gasteiger partial charge is 0.414 e. The molecule has 5 N–H and O–H groups in total. The highest BCUT2D eigenvalue weighted by Gasteiger charge is 2.33. The number of carbonyl (C=O) groups excluding carboxylic acids is 2. The molecule has 19 nitrogen and oxygen atoms in total. The van der Waals surface area contributed by atoms with Crippen LogP contribution in [0.3, 0.4) is 0 Å². The van der Waals surface area contributed by atoms with Crippen molar-refractivity contribution in [2.75, 3.05) is 42.6 Å². The van der Waals surface area contributed by atoms with Gasteiger partial charge in [0, 0.05) is 34.6 Å². The maximum Gasteiger partial charge on any atom is 0.414 e. The van der Waals surface area contributed by atoms with Gasteiger partial charge in [-0.2, -0.15) is 9.59 Å². The zero-order valence-corrected chi connectivity index (χ0v) is 32.2. The lowest BCUT2D eigenvalue weighted by Gasteiger charge is -2.14. The number of pyridine rings is 2. The van der Waals surface area contributed by atoms with Gasteiger partial charge in [-0.25, -0.2) is 18.4 Å². The third-order valence-electron chi connectivity index (χ3n) is 8.98. The number of hydrogen-bond donors (Lipinski definition) is 3. The number of aliphatic hydroxyl groups excluding tert-OH is 2. The van der Waals surface area contributed by atoms with Gasteiger partial charge in [0.2, 0.25) is 11.6 Å². The van der Waals surface area contributed by atoms with E-state index < -0.39 is 36.0 Å². The fraction of sp³-hybridized carbons (Fsp3) is 0.297.